The average molecular weight is 1100 g/mol. The summed E-state index contributed by atoms with van der Waals surface area (Å²) in [6, 6.07) is 41.8. The van der Waals surface area contributed by atoms with E-state index < -0.39 is 0 Å². The van der Waals surface area contributed by atoms with Crippen molar-refractivity contribution in [3.05, 3.63) is 162 Å². The summed E-state index contributed by atoms with van der Waals surface area (Å²) in [5.41, 5.74) is 15.9. The molecular weight excluding hydrogens is 1070 g/mol. The predicted octanol–water partition coefficient (Wildman–Crippen LogP) is 13.3. The Morgan fingerprint density at radius 3 is 1.10 bits per heavy atom. The third kappa shape index (κ3) is 9.46. The third-order valence-corrected chi connectivity index (χ3v) is 13.3. The van der Waals surface area contributed by atoms with Gasteiger partial charge in [-0.15, -0.1) is 22.1 Å². The van der Waals surface area contributed by atoms with E-state index in [4.69, 9.17) is 19.9 Å². The van der Waals surface area contributed by atoms with Gasteiger partial charge in [-0.3, -0.25) is 9.59 Å². The molecule has 8 bridgehead atoms. The van der Waals surface area contributed by atoms with E-state index in [-0.39, 0.29) is 26.7 Å². The maximum absolute atomic E-state index is 12.0. The summed E-state index contributed by atoms with van der Waals surface area (Å²) in [4.78, 5) is 45.6. The number of carbonyl (C=O) groups is 2. The molecule has 0 saturated heterocycles. The zero-order chi connectivity index (χ0) is 41.3. The number of hydrogen-bond donors (Lipinski definition) is 0. The maximum Gasteiger partial charge on any atom is 2.00 e. The van der Waals surface area contributed by atoms with E-state index >= 15 is 0 Å². The standard InChI is InChI=1S/C50H34I2N4O2S2.Ni/c1-29(57)59-27-31-7-3-9-33(23-31)47-39-15-19-43(53-39)49(35-11-5-13-37(51)25-35)45-21-17-41(55-45)48(34-10-4-8-32(24-34)28-60-30(2)58)42-18-22-46(56-42)50(44-20-16-40(47)54-44)36-12-6-14-38(52)26-36;/h3-26H,27-28H2,1-2H3;/q-2;+2. The number of nitrogens with zero attached hydrogens (tertiary/aromatic N) is 4. The molecule has 6 nitrogen and oxygen atoms in total. The minimum Gasteiger partial charge on any atom is -0.657 e. The fraction of sp³-hybridized carbons (Fsp3) is 0.0800. The van der Waals surface area contributed by atoms with Crippen molar-refractivity contribution < 1.29 is 26.1 Å². The monoisotopic (exact) mass is 1100 g/mol. The van der Waals surface area contributed by atoms with Crippen molar-refractivity contribution in [3.8, 4) is 44.5 Å². The van der Waals surface area contributed by atoms with Gasteiger partial charge in [-0.25, -0.2) is 9.97 Å². The molecule has 9 rings (SSSR count). The van der Waals surface area contributed by atoms with Crippen LogP contribution in [-0.2, 0) is 37.6 Å². The Balaban J connectivity index is 0.00000514. The van der Waals surface area contributed by atoms with Crippen LogP contribution in [0.15, 0.2) is 121 Å². The van der Waals surface area contributed by atoms with Gasteiger partial charge in [0.25, 0.3) is 0 Å². The van der Waals surface area contributed by atoms with Gasteiger partial charge in [0.05, 0.1) is 22.8 Å². The molecule has 0 unspecified atom stereocenters. The molecule has 0 fully saturated rings. The molecule has 0 amide bonds. The van der Waals surface area contributed by atoms with Gasteiger partial charge in [0.1, 0.15) is 0 Å². The second-order valence-electron chi connectivity index (χ2n) is 14.3. The first kappa shape index (κ1) is 43.1. The number of rotatable bonds is 8. The van der Waals surface area contributed by atoms with Crippen molar-refractivity contribution in [1.82, 2.24) is 19.9 Å². The number of hydrogen-bond acceptors (Lipinski definition) is 6. The van der Waals surface area contributed by atoms with Crippen LogP contribution < -0.4 is 9.97 Å². The Morgan fingerprint density at radius 1 is 0.475 bits per heavy atom. The number of carbonyl (C=O) groups excluding carboxylic acids is 2. The molecule has 2 aliphatic rings. The van der Waals surface area contributed by atoms with Crippen molar-refractivity contribution in [2.24, 2.45) is 0 Å². The fourth-order valence-corrected chi connectivity index (χ4v) is 9.75. The van der Waals surface area contributed by atoms with E-state index in [1.54, 1.807) is 13.8 Å². The summed E-state index contributed by atoms with van der Waals surface area (Å²) >= 11 is 7.31. The Morgan fingerprint density at radius 2 is 0.787 bits per heavy atom. The van der Waals surface area contributed by atoms with E-state index in [0.717, 1.165) is 108 Å². The number of thioether (sulfide) groups is 2. The summed E-state index contributed by atoms with van der Waals surface area (Å²) in [5, 5.41) is 0.158. The maximum atomic E-state index is 12.0. The summed E-state index contributed by atoms with van der Waals surface area (Å²) in [7, 11) is 0. The van der Waals surface area contributed by atoms with Crippen LogP contribution >= 0.6 is 68.7 Å². The molecule has 7 aromatic rings. The molecule has 0 N–H and O–H groups in total. The zero-order valence-electron chi connectivity index (χ0n) is 32.8. The van der Waals surface area contributed by atoms with Crippen molar-refractivity contribution in [3.63, 3.8) is 0 Å². The van der Waals surface area contributed by atoms with Gasteiger partial charge < -0.3 is 9.97 Å². The number of fused-ring (bicyclic) bond motifs is 8. The molecule has 302 valence electrons. The SMILES string of the molecule is CC(=O)SCc1cccc(-c2c3nc(c(-c4cccc(I)c4)c4ccc([n-]4)c(-c4cccc(CSC(C)=O)c4)c4nc(c(-c5cccc(I)c5)c5ccc2[n-]5)C=C4)C=C3)c1.[Ni+2]. The van der Waals surface area contributed by atoms with E-state index in [1.165, 1.54) is 23.5 Å². The fourth-order valence-electron chi connectivity index (χ4n) is 7.56. The summed E-state index contributed by atoms with van der Waals surface area (Å²) < 4.78 is 2.20. The Hall–Kier alpha value is -4.53. The summed E-state index contributed by atoms with van der Waals surface area (Å²) in [5.74, 6) is 1.14. The third-order valence-electron chi connectivity index (χ3n) is 10.2. The van der Waals surface area contributed by atoms with Crippen LogP contribution in [0.1, 0.15) is 47.8 Å². The Bertz CT molecular complexity index is 2910. The van der Waals surface area contributed by atoms with Crippen LogP contribution in [0, 0.1) is 7.14 Å². The molecule has 0 saturated carbocycles. The Labute approximate surface area is 399 Å². The number of benzene rings is 4. The van der Waals surface area contributed by atoms with E-state index in [2.05, 4.69) is 179 Å². The van der Waals surface area contributed by atoms with Crippen LogP contribution in [0.3, 0.4) is 0 Å². The molecule has 0 spiro atoms. The molecule has 0 atom stereocenters. The molecule has 11 heteroatoms. The quantitative estimate of drug-likeness (QED) is 0.110. The topological polar surface area (TPSA) is 88.1 Å². The van der Waals surface area contributed by atoms with Crippen LogP contribution in [0.25, 0.3) is 90.9 Å². The molecule has 5 heterocycles. The van der Waals surface area contributed by atoms with Crippen molar-refractivity contribution in [2.75, 3.05) is 0 Å². The summed E-state index contributed by atoms with van der Waals surface area (Å²) in [6.07, 6.45) is 8.29. The van der Waals surface area contributed by atoms with Crippen LogP contribution in [-0.4, -0.2) is 20.2 Å². The number of halogens is 2. The average Bonchev–Trinajstić information content (AvgIpc) is 4.08. The smallest absolute Gasteiger partial charge is 0.657 e. The van der Waals surface area contributed by atoms with Gasteiger partial charge in [-0.05, 0) is 149 Å². The van der Waals surface area contributed by atoms with Gasteiger partial charge >= 0.3 is 16.5 Å². The molecule has 2 aliphatic heterocycles. The van der Waals surface area contributed by atoms with E-state index in [1.807, 2.05) is 12.1 Å². The second kappa shape index (κ2) is 18.8. The van der Waals surface area contributed by atoms with Crippen molar-refractivity contribution >= 4 is 125 Å². The zero-order valence-corrected chi connectivity index (χ0v) is 39.7. The molecular formula is C50H34I2N4NiO2S2. The minimum absolute atomic E-state index is 0. The second-order valence-corrected chi connectivity index (χ2v) is 19.1. The van der Waals surface area contributed by atoms with Gasteiger partial charge in [0.15, 0.2) is 10.2 Å². The van der Waals surface area contributed by atoms with E-state index in [0.29, 0.717) is 11.5 Å². The predicted molar refractivity (Wildman–Crippen MR) is 268 cm³/mol. The minimum atomic E-state index is 0. The molecule has 0 radical (unpaired) electrons. The molecule has 3 aromatic heterocycles. The first-order valence-electron chi connectivity index (χ1n) is 19.2. The van der Waals surface area contributed by atoms with Crippen LogP contribution in [0.4, 0.5) is 0 Å². The first-order chi connectivity index (χ1) is 29.2. The number of aromatic nitrogens is 4. The first-order valence-corrected chi connectivity index (χ1v) is 23.3. The van der Waals surface area contributed by atoms with Crippen LogP contribution in [0.2, 0.25) is 0 Å². The largest absolute Gasteiger partial charge is 2.00 e. The van der Waals surface area contributed by atoms with Crippen LogP contribution in [0.5, 0.6) is 0 Å². The van der Waals surface area contributed by atoms with Crippen molar-refractivity contribution in [1.29, 1.82) is 0 Å². The van der Waals surface area contributed by atoms with Gasteiger partial charge in [0, 0.05) is 32.5 Å². The van der Waals surface area contributed by atoms with E-state index in [9.17, 15) is 9.59 Å². The van der Waals surface area contributed by atoms with Gasteiger partial charge in [-0.1, -0.05) is 121 Å². The summed E-state index contributed by atoms with van der Waals surface area (Å²) in [6.45, 7) is 3.20. The Kier molecular flexibility index (Phi) is 13.3. The normalized spacial score (nSPS) is 11.7. The molecule has 61 heavy (non-hydrogen) atoms. The van der Waals surface area contributed by atoms with Crippen molar-refractivity contribution in [2.45, 2.75) is 25.4 Å². The van der Waals surface area contributed by atoms with Gasteiger partial charge in [-0.2, -0.15) is 0 Å². The molecule has 4 aromatic carbocycles. The molecule has 0 aliphatic carbocycles. The van der Waals surface area contributed by atoms with Gasteiger partial charge in [0.2, 0.25) is 0 Å².